The number of guanidine groups is 1. The predicted molar refractivity (Wildman–Crippen MR) is 53.6 cm³/mol. The van der Waals surface area contributed by atoms with Crippen molar-refractivity contribution in [3.05, 3.63) is 0 Å². The first kappa shape index (κ1) is 10.3. The second-order valence-corrected chi connectivity index (χ2v) is 3.47. The van der Waals surface area contributed by atoms with Crippen molar-refractivity contribution < 1.29 is 5.11 Å². The topological polar surface area (TPSA) is 70.6 Å². The Kier molecular flexibility index (Phi) is 4.60. The number of nitrogens with zero attached hydrogens (tertiary/aromatic N) is 1. The molecule has 13 heavy (non-hydrogen) atoms. The quantitative estimate of drug-likeness (QED) is 0.315. The first-order chi connectivity index (χ1) is 6.33. The molecule has 0 aliphatic heterocycles. The van der Waals surface area contributed by atoms with E-state index in [1.165, 1.54) is 12.8 Å². The van der Waals surface area contributed by atoms with Gasteiger partial charge in [-0.05, 0) is 32.1 Å². The fraction of sp³-hybridized carbons (Fsp3) is 0.889. The minimum absolute atomic E-state index is 0.277. The van der Waals surface area contributed by atoms with Gasteiger partial charge in [-0.2, -0.15) is 0 Å². The van der Waals surface area contributed by atoms with Crippen molar-refractivity contribution >= 4 is 5.96 Å². The van der Waals surface area contributed by atoms with Crippen molar-refractivity contribution in [1.82, 2.24) is 5.32 Å². The molecule has 4 nitrogen and oxygen atoms in total. The van der Waals surface area contributed by atoms with E-state index in [0.717, 1.165) is 25.8 Å². The minimum atomic E-state index is 0.277. The fourth-order valence-electron chi connectivity index (χ4n) is 1.08. The van der Waals surface area contributed by atoms with Crippen LogP contribution in [0.25, 0.3) is 0 Å². The molecule has 1 aliphatic rings. The highest BCUT2D eigenvalue weighted by Crippen LogP contribution is 2.17. The molecule has 0 atom stereocenters. The summed E-state index contributed by atoms with van der Waals surface area (Å²) >= 11 is 0. The van der Waals surface area contributed by atoms with Gasteiger partial charge >= 0.3 is 0 Å². The lowest BCUT2D eigenvalue weighted by Crippen LogP contribution is -2.33. The third-order valence-electron chi connectivity index (χ3n) is 2.03. The Balaban J connectivity index is 1.94. The number of aliphatic hydroxyl groups is 1. The molecule has 0 radical (unpaired) electrons. The van der Waals surface area contributed by atoms with E-state index in [1.807, 2.05) is 0 Å². The Hall–Kier alpha value is -0.770. The molecule has 0 aromatic rings. The molecule has 0 bridgehead atoms. The van der Waals surface area contributed by atoms with Crippen LogP contribution in [0.3, 0.4) is 0 Å². The van der Waals surface area contributed by atoms with Crippen LogP contribution in [0.15, 0.2) is 4.99 Å². The van der Waals surface area contributed by atoms with E-state index in [-0.39, 0.29) is 6.61 Å². The van der Waals surface area contributed by atoms with Crippen molar-refractivity contribution in [3.63, 3.8) is 0 Å². The Morgan fingerprint density at radius 1 is 1.38 bits per heavy atom. The van der Waals surface area contributed by atoms with Gasteiger partial charge in [0.15, 0.2) is 5.96 Å². The number of nitrogens with one attached hydrogen (secondary N) is 1. The summed E-state index contributed by atoms with van der Waals surface area (Å²) in [6.07, 6.45) is 5.34. The molecular formula is C9H19N3O. The van der Waals surface area contributed by atoms with E-state index in [4.69, 9.17) is 10.8 Å². The molecule has 0 unspecified atom stereocenters. The second kappa shape index (κ2) is 5.80. The van der Waals surface area contributed by atoms with Crippen LogP contribution in [-0.2, 0) is 0 Å². The Labute approximate surface area is 79.2 Å². The number of aliphatic imine (C=N–C) groups is 1. The summed E-state index contributed by atoms with van der Waals surface area (Å²) in [6, 6.07) is 0.584. The summed E-state index contributed by atoms with van der Waals surface area (Å²) in [5, 5.41) is 11.7. The lowest BCUT2D eigenvalue weighted by Gasteiger charge is -2.02. The lowest BCUT2D eigenvalue weighted by atomic mass is 10.2. The van der Waals surface area contributed by atoms with Crippen molar-refractivity contribution in [3.8, 4) is 0 Å². The molecular weight excluding hydrogens is 166 g/mol. The van der Waals surface area contributed by atoms with Gasteiger partial charge in [0.2, 0.25) is 0 Å². The molecule has 76 valence electrons. The molecule has 0 heterocycles. The van der Waals surface area contributed by atoms with Crippen LogP contribution in [-0.4, -0.2) is 30.3 Å². The molecule has 1 rings (SSSR count). The third-order valence-corrected chi connectivity index (χ3v) is 2.03. The molecule has 0 aromatic heterocycles. The van der Waals surface area contributed by atoms with Gasteiger partial charge in [-0.3, -0.25) is 4.99 Å². The highest BCUT2D eigenvalue weighted by Gasteiger charge is 2.21. The summed E-state index contributed by atoms with van der Waals surface area (Å²) in [7, 11) is 0. The molecule has 1 fully saturated rings. The molecule has 0 saturated heterocycles. The summed E-state index contributed by atoms with van der Waals surface area (Å²) in [4.78, 5) is 4.18. The summed E-state index contributed by atoms with van der Waals surface area (Å²) in [5.41, 5.74) is 5.62. The summed E-state index contributed by atoms with van der Waals surface area (Å²) in [6.45, 7) is 1.05. The molecule has 1 saturated carbocycles. The maximum atomic E-state index is 8.53. The van der Waals surface area contributed by atoms with Crippen LogP contribution in [0.1, 0.15) is 32.1 Å². The Morgan fingerprint density at radius 3 is 2.77 bits per heavy atom. The highest BCUT2D eigenvalue weighted by atomic mass is 16.2. The van der Waals surface area contributed by atoms with Gasteiger partial charge in [-0.1, -0.05) is 0 Å². The molecule has 0 amide bonds. The lowest BCUT2D eigenvalue weighted by molar-refractivity contribution is 0.283. The van der Waals surface area contributed by atoms with Crippen LogP contribution in [0.4, 0.5) is 0 Å². The zero-order chi connectivity index (χ0) is 9.52. The summed E-state index contributed by atoms with van der Waals surface area (Å²) < 4.78 is 0. The number of unbranched alkanes of at least 4 members (excludes halogenated alkanes) is 2. The Bertz CT molecular complexity index is 166. The number of rotatable bonds is 6. The van der Waals surface area contributed by atoms with E-state index in [9.17, 15) is 0 Å². The van der Waals surface area contributed by atoms with Gasteiger partial charge in [0.05, 0.1) is 0 Å². The number of nitrogens with two attached hydrogens (primary N) is 1. The van der Waals surface area contributed by atoms with Gasteiger partial charge in [0, 0.05) is 19.2 Å². The van der Waals surface area contributed by atoms with Gasteiger partial charge in [0.1, 0.15) is 0 Å². The SMILES string of the molecule is NC(=NCCCCCO)NC1CC1. The summed E-state index contributed by atoms with van der Waals surface area (Å²) in [5.74, 6) is 0.575. The van der Waals surface area contributed by atoms with E-state index in [1.54, 1.807) is 0 Å². The zero-order valence-corrected chi connectivity index (χ0v) is 8.00. The second-order valence-electron chi connectivity index (χ2n) is 3.47. The predicted octanol–water partition coefficient (Wildman–Crippen LogP) is 0.216. The molecule has 4 heteroatoms. The first-order valence-corrected chi connectivity index (χ1v) is 5.00. The van der Waals surface area contributed by atoms with E-state index in [0.29, 0.717) is 12.0 Å². The smallest absolute Gasteiger partial charge is 0.188 e. The standard InChI is InChI=1S/C9H19N3O/c10-9(12-8-4-5-8)11-6-2-1-3-7-13/h8,13H,1-7H2,(H3,10,11,12). The molecule has 1 aliphatic carbocycles. The largest absolute Gasteiger partial charge is 0.396 e. The normalized spacial score (nSPS) is 17.5. The van der Waals surface area contributed by atoms with Crippen molar-refractivity contribution in [1.29, 1.82) is 0 Å². The number of aliphatic hydroxyl groups excluding tert-OH is 1. The first-order valence-electron chi connectivity index (χ1n) is 5.00. The van der Waals surface area contributed by atoms with Crippen LogP contribution in [0.2, 0.25) is 0 Å². The van der Waals surface area contributed by atoms with Gasteiger partial charge < -0.3 is 16.2 Å². The van der Waals surface area contributed by atoms with Gasteiger partial charge in [0.25, 0.3) is 0 Å². The third kappa shape index (κ3) is 5.47. The van der Waals surface area contributed by atoms with Crippen LogP contribution >= 0.6 is 0 Å². The minimum Gasteiger partial charge on any atom is -0.396 e. The van der Waals surface area contributed by atoms with E-state index in [2.05, 4.69) is 10.3 Å². The van der Waals surface area contributed by atoms with Crippen molar-refractivity contribution in [2.75, 3.05) is 13.2 Å². The maximum Gasteiger partial charge on any atom is 0.188 e. The van der Waals surface area contributed by atoms with Gasteiger partial charge in [-0.25, -0.2) is 0 Å². The van der Waals surface area contributed by atoms with E-state index >= 15 is 0 Å². The molecule has 0 aromatic carbocycles. The van der Waals surface area contributed by atoms with Crippen molar-refractivity contribution in [2.24, 2.45) is 10.7 Å². The fourth-order valence-corrected chi connectivity index (χ4v) is 1.08. The molecule has 0 spiro atoms. The zero-order valence-electron chi connectivity index (χ0n) is 8.00. The average Bonchev–Trinajstić information content (AvgIpc) is 2.88. The van der Waals surface area contributed by atoms with Crippen molar-refractivity contribution in [2.45, 2.75) is 38.1 Å². The number of hydrogen-bond acceptors (Lipinski definition) is 2. The van der Waals surface area contributed by atoms with E-state index < -0.39 is 0 Å². The van der Waals surface area contributed by atoms with Gasteiger partial charge in [-0.15, -0.1) is 0 Å². The number of hydrogen-bond donors (Lipinski definition) is 3. The maximum absolute atomic E-state index is 8.53. The Morgan fingerprint density at radius 2 is 2.15 bits per heavy atom. The molecule has 4 N–H and O–H groups in total. The highest BCUT2D eigenvalue weighted by molar-refractivity contribution is 5.78. The van der Waals surface area contributed by atoms with Crippen LogP contribution in [0.5, 0.6) is 0 Å². The van der Waals surface area contributed by atoms with Crippen LogP contribution < -0.4 is 11.1 Å². The average molecular weight is 185 g/mol. The monoisotopic (exact) mass is 185 g/mol. The van der Waals surface area contributed by atoms with Crippen LogP contribution in [0, 0.1) is 0 Å².